The monoisotopic (exact) mass is 211 g/mol. The third-order valence-corrected chi connectivity index (χ3v) is 2.30. The van der Waals surface area contributed by atoms with Crippen molar-refractivity contribution in [3.63, 3.8) is 0 Å². The van der Waals surface area contributed by atoms with Gasteiger partial charge >= 0.3 is 0 Å². The molecule has 14 heavy (non-hydrogen) atoms. The fourth-order valence-electron chi connectivity index (χ4n) is 1.34. The van der Waals surface area contributed by atoms with Crippen molar-refractivity contribution in [2.24, 2.45) is 0 Å². The number of rotatable bonds is 2. The number of carbonyl (C=O) groups excluding carboxylic acids is 1. The Bertz CT molecular complexity index is 350. The first-order chi connectivity index (χ1) is 6.77. The minimum Gasteiger partial charge on any atom is -0.292 e. The van der Waals surface area contributed by atoms with Crippen LogP contribution in [0.25, 0.3) is 0 Å². The van der Waals surface area contributed by atoms with Crippen molar-refractivity contribution in [3.05, 3.63) is 34.9 Å². The molecule has 3 N–H and O–H groups in total. The molecule has 0 aromatic heterocycles. The van der Waals surface area contributed by atoms with Gasteiger partial charge in [0.15, 0.2) is 5.78 Å². The second kappa shape index (κ2) is 4.06. The van der Waals surface area contributed by atoms with Crippen LogP contribution in [0.15, 0.2) is 24.3 Å². The van der Waals surface area contributed by atoms with Crippen LogP contribution >= 0.6 is 11.6 Å². The Labute approximate surface area is 86.6 Å². The Hall–Kier alpha value is -0.940. The molecule has 0 amide bonds. The SMILES string of the molecule is O=C(c1cccc(Cl)c1)C1CNNN1. The van der Waals surface area contributed by atoms with Gasteiger partial charge in [0.25, 0.3) is 0 Å². The van der Waals surface area contributed by atoms with E-state index in [0.29, 0.717) is 17.1 Å². The maximum Gasteiger partial charge on any atom is 0.182 e. The Morgan fingerprint density at radius 2 is 2.36 bits per heavy atom. The molecule has 0 saturated carbocycles. The summed E-state index contributed by atoms with van der Waals surface area (Å²) >= 11 is 5.79. The van der Waals surface area contributed by atoms with Gasteiger partial charge in [0.05, 0.1) is 6.04 Å². The van der Waals surface area contributed by atoms with Gasteiger partial charge in [0.2, 0.25) is 0 Å². The van der Waals surface area contributed by atoms with Crippen LogP contribution in [0.1, 0.15) is 10.4 Å². The number of carbonyl (C=O) groups is 1. The van der Waals surface area contributed by atoms with E-state index in [-0.39, 0.29) is 11.8 Å². The highest BCUT2D eigenvalue weighted by atomic mass is 35.5. The van der Waals surface area contributed by atoms with Crippen LogP contribution < -0.4 is 16.4 Å². The predicted octanol–water partition coefficient (Wildman–Crippen LogP) is 0.504. The summed E-state index contributed by atoms with van der Waals surface area (Å²) in [7, 11) is 0. The van der Waals surface area contributed by atoms with Crippen molar-refractivity contribution in [2.75, 3.05) is 6.54 Å². The van der Waals surface area contributed by atoms with Crippen LogP contribution in [0.2, 0.25) is 5.02 Å². The van der Waals surface area contributed by atoms with E-state index in [4.69, 9.17) is 11.6 Å². The van der Waals surface area contributed by atoms with Crippen LogP contribution in [0.4, 0.5) is 0 Å². The third kappa shape index (κ3) is 1.93. The average Bonchev–Trinajstić information content (AvgIpc) is 2.69. The second-order valence-corrected chi connectivity index (χ2v) is 3.51. The van der Waals surface area contributed by atoms with Gasteiger partial charge in [0, 0.05) is 17.1 Å². The molecule has 1 fully saturated rings. The molecule has 0 bridgehead atoms. The maximum atomic E-state index is 11.8. The molecule has 1 aliphatic rings. The van der Waals surface area contributed by atoms with Gasteiger partial charge in [-0.3, -0.25) is 4.79 Å². The van der Waals surface area contributed by atoms with E-state index < -0.39 is 0 Å². The van der Waals surface area contributed by atoms with Crippen molar-refractivity contribution in [1.82, 2.24) is 16.4 Å². The number of nitrogens with one attached hydrogen (secondary N) is 3. The van der Waals surface area contributed by atoms with Crippen LogP contribution in [0.3, 0.4) is 0 Å². The van der Waals surface area contributed by atoms with Gasteiger partial charge in [-0.2, -0.15) is 5.53 Å². The van der Waals surface area contributed by atoms with E-state index >= 15 is 0 Å². The smallest absolute Gasteiger partial charge is 0.182 e. The van der Waals surface area contributed by atoms with Gasteiger partial charge in [-0.1, -0.05) is 23.7 Å². The quantitative estimate of drug-likeness (QED) is 0.624. The van der Waals surface area contributed by atoms with E-state index in [1.165, 1.54) is 0 Å². The van der Waals surface area contributed by atoms with E-state index in [1.54, 1.807) is 24.3 Å². The molecular weight excluding hydrogens is 202 g/mol. The first-order valence-electron chi connectivity index (χ1n) is 4.30. The van der Waals surface area contributed by atoms with Crippen molar-refractivity contribution in [3.8, 4) is 0 Å². The summed E-state index contributed by atoms with van der Waals surface area (Å²) in [6.07, 6.45) is 0. The summed E-state index contributed by atoms with van der Waals surface area (Å²) in [6.45, 7) is 0.575. The average molecular weight is 212 g/mol. The molecule has 1 saturated heterocycles. The lowest BCUT2D eigenvalue weighted by Crippen LogP contribution is -2.37. The number of halogens is 1. The predicted molar refractivity (Wildman–Crippen MR) is 53.8 cm³/mol. The molecule has 1 unspecified atom stereocenters. The van der Waals surface area contributed by atoms with Crippen LogP contribution in [-0.4, -0.2) is 18.4 Å². The number of benzene rings is 1. The molecule has 4 nitrogen and oxygen atoms in total. The highest BCUT2D eigenvalue weighted by Gasteiger charge is 2.22. The van der Waals surface area contributed by atoms with Gasteiger partial charge in [-0.05, 0) is 12.1 Å². The molecule has 2 rings (SSSR count). The van der Waals surface area contributed by atoms with E-state index in [1.807, 2.05) is 0 Å². The number of Topliss-reactive ketones (excluding diaryl/α,β-unsaturated/α-hetero) is 1. The summed E-state index contributed by atoms with van der Waals surface area (Å²) in [5.41, 5.74) is 8.95. The van der Waals surface area contributed by atoms with Gasteiger partial charge < -0.3 is 0 Å². The zero-order valence-corrected chi connectivity index (χ0v) is 8.14. The first kappa shape index (κ1) is 9.61. The Morgan fingerprint density at radius 3 is 3.00 bits per heavy atom. The summed E-state index contributed by atoms with van der Waals surface area (Å²) < 4.78 is 0. The molecule has 1 aromatic rings. The second-order valence-electron chi connectivity index (χ2n) is 3.08. The van der Waals surface area contributed by atoms with E-state index in [0.717, 1.165) is 0 Å². The first-order valence-corrected chi connectivity index (χ1v) is 4.68. The van der Waals surface area contributed by atoms with Gasteiger partial charge in [-0.25, -0.2) is 10.9 Å². The lowest BCUT2D eigenvalue weighted by atomic mass is 10.1. The summed E-state index contributed by atoms with van der Waals surface area (Å²) in [5, 5.41) is 0.578. The molecule has 1 aromatic carbocycles. The van der Waals surface area contributed by atoms with E-state index in [2.05, 4.69) is 16.4 Å². The number of ketones is 1. The maximum absolute atomic E-state index is 11.8. The fraction of sp³-hybridized carbons (Fsp3) is 0.222. The number of hydrogen-bond acceptors (Lipinski definition) is 4. The van der Waals surface area contributed by atoms with E-state index in [9.17, 15) is 4.79 Å². The van der Waals surface area contributed by atoms with Crippen molar-refractivity contribution >= 4 is 17.4 Å². The van der Waals surface area contributed by atoms with Crippen LogP contribution in [0.5, 0.6) is 0 Å². The van der Waals surface area contributed by atoms with Crippen molar-refractivity contribution in [1.29, 1.82) is 0 Å². The van der Waals surface area contributed by atoms with Gasteiger partial charge in [-0.15, -0.1) is 0 Å². The Balaban J connectivity index is 2.17. The molecule has 5 heteroatoms. The Morgan fingerprint density at radius 1 is 1.50 bits per heavy atom. The molecular formula is C9H10ClN3O. The minimum absolute atomic E-state index is 0.0324. The summed E-state index contributed by atoms with van der Waals surface area (Å²) in [5.74, 6) is 0.0324. The topological polar surface area (TPSA) is 53.2 Å². The zero-order valence-electron chi connectivity index (χ0n) is 7.38. The fourth-order valence-corrected chi connectivity index (χ4v) is 1.53. The standard InChI is InChI=1S/C9H10ClN3O/c10-7-3-1-2-6(4-7)9(14)8-5-11-13-12-8/h1-4,8,11-13H,5H2. The van der Waals surface area contributed by atoms with Crippen LogP contribution in [0, 0.1) is 0 Å². The third-order valence-electron chi connectivity index (χ3n) is 2.07. The molecule has 0 radical (unpaired) electrons. The minimum atomic E-state index is -0.228. The molecule has 74 valence electrons. The van der Waals surface area contributed by atoms with Crippen molar-refractivity contribution in [2.45, 2.75) is 6.04 Å². The molecule has 1 atom stereocenters. The normalized spacial score (nSPS) is 21.1. The lowest BCUT2D eigenvalue weighted by Gasteiger charge is -2.06. The molecule has 1 heterocycles. The number of hydrazine groups is 2. The molecule has 0 aliphatic carbocycles. The lowest BCUT2D eigenvalue weighted by molar-refractivity contribution is 0.0954. The number of hydrogen-bond donors (Lipinski definition) is 3. The summed E-state index contributed by atoms with van der Waals surface area (Å²) in [4.78, 5) is 11.8. The van der Waals surface area contributed by atoms with Gasteiger partial charge in [0.1, 0.15) is 0 Å². The highest BCUT2D eigenvalue weighted by Crippen LogP contribution is 2.12. The molecule has 0 spiro atoms. The van der Waals surface area contributed by atoms with Crippen molar-refractivity contribution < 1.29 is 4.79 Å². The Kier molecular flexibility index (Phi) is 2.79. The molecule has 1 aliphatic heterocycles. The largest absolute Gasteiger partial charge is 0.292 e. The zero-order chi connectivity index (χ0) is 9.97. The van der Waals surface area contributed by atoms with Crippen LogP contribution in [-0.2, 0) is 0 Å². The summed E-state index contributed by atoms with van der Waals surface area (Å²) in [6, 6.07) is 6.72. The highest BCUT2D eigenvalue weighted by molar-refractivity contribution is 6.31.